The first kappa shape index (κ1) is 15.0. The predicted molar refractivity (Wildman–Crippen MR) is 71.1 cm³/mol. The Morgan fingerprint density at radius 1 is 1.16 bits per heavy atom. The summed E-state index contributed by atoms with van der Waals surface area (Å²) in [5.74, 6) is -0.472. The van der Waals surface area contributed by atoms with Gasteiger partial charge in [0, 0.05) is 19.4 Å². The molecule has 0 spiro atoms. The lowest BCUT2D eigenvalue weighted by molar-refractivity contribution is -0.124. The summed E-state index contributed by atoms with van der Waals surface area (Å²) in [6.07, 6.45) is 1.02. The van der Waals surface area contributed by atoms with E-state index in [0.29, 0.717) is 13.0 Å². The zero-order valence-electron chi connectivity index (χ0n) is 11.2. The third kappa shape index (κ3) is 4.99. The zero-order valence-corrected chi connectivity index (χ0v) is 11.2. The Hall–Kier alpha value is -2.04. The fourth-order valence-corrected chi connectivity index (χ4v) is 1.71. The molecule has 104 valence electrons. The van der Waals surface area contributed by atoms with Crippen LogP contribution in [-0.4, -0.2) is 28.4 Å². The number of benzene rings is 1. The molecule has 0 radical (unpaired) electrons. The van der Waals surface area contributed by atoms with Gasteiger partial charge in [-0.1, -0.05) is 0 Å². The Kier molecular flexibility index (Phi) is 5.36. The van der Waals surface area contributed by atoms with Gasteiger partial charge in [0.05, 0.1) is 0 Å². The molecule has 0 bridgehead atoms. The molecule has 0 aromatic heterocycles. The molecule has 19 heavy (non-hydrogen) atoms. The van der Waals surface area contributed by atoms with E-state index in [1.165, 1.54) is 19.1 Å². The van der Waals surface area contributed by atoms with Crippen molar-refractivity contribution >= 4 is 11.7 Å². The lowest BCUT2D eigenvalue weighted by atomic mass is 10.0. The molecule has 0 fully saturated rings. The Bertz CT molecular complexity index is 483. The van der Waals surface area contributed by atoms with E-state index in [9.17, 15) is 19.8 Å². The van der Waals surface area contributed by atoms with Crippen molar-refractivity contribution in [1.82, 2.24) is 5.32 Å². The topological polar surface area (TPSA) is 86.6 Å². The number of carbonyl (C=O) groups excluding carboxylic acids is 2. The maximum absolute atomic E-state index is 11.4. The number of hydrogen-bond acceptors (Lipinski definition) is 4. The van der Waals surface area contributed by atoms with Crippen LogP contribution in [0.2, 0.25) is 0 Å². The van der Waals surface area contributed by atoms with E-state index in [2.05, 4.69) is 5.32 Å². The Balaban J connectivity index is 2.43. The summed E-state index contributed by atoms with van der Waals surface area (Å²) in [7, 11) is 0. The summed E-state index contributed by atoms with van der Waals surface area (Å²) in [6, 6.07) is 2.98. The van der Waals surface area contributed by atoms with Gasteiger partial charge in [0.25, 0.3) is 0 Å². The molecular formula is C14H19NO4. The molecule has 0 aliphatic carbocycles. The van der Waals surface area contributed by atoms with Crippen LogP contribution in [-0.2, 0) is 16.0 Å². The SMILES string of the molecule is CC(=O)CCC(=O)NCCc1cc(O)c(O)cc1C. The maximum atomic E-state index is 11.4. The van der Waals surface area contributed by atoms with Gasteiger partial charge in [-0.05, 0) is 43.5 Å². The standard InChI is InChI=1S/C14H19NO4/c1-9-7-12(17)13(18)8-11(9)5-6-15-14(19)4-3-10(2)16/h7-8,17-18H,3-6H2,1-2H3,(H,15,19). The van der Waals surface area contributed by atoms with Crippen LogP contribution >= 0.6 is 0 Å². The number of phenols is 2. The summed E-state index contributed by atoms with van der Waals surface area (Å²) in [6.45, 7) is 3.71. The highest BCUT2D eigenvalue weighted by atomic mass is 16.3. The van der Waals surface area contributed by atoms with E-state index in [-0.39, 0.29) is 36.0 Å². The first-order valence-corrected chi connectivity index (χ1v) is 6.17. The highest BCUT2D eigenvalue weighted by Gasteiger charge is 2.07. The maximum Gasteiger partial charge on any atom is 0.220 e. The summed E-state index contributed by atoms with van der Waals surface area (Å²) in [5.41, 5.74) is 1.72. The minimum atomic E-state index is -0.163. The number of aryl methyl sites for hydroxylation is 1. The van der Waals surface area contributed by atoms with Crippen molar-refractivity contribution in [3.8, 4) is 11.5 Å². The predicted octanol–water partition coefficient (Wildman–Crippen LogP) is 1.43. The molecule has 1 rings (SSSR count). The summed E-state index contributed by atoms with van der Waals surface area (Å²) in [5, 5.41) is 21.4. The van der Waals surface area contributed by atoms with Crippen molar-refractivity contribution in [3.63, 3.8) is 0 Å². The fraction of sp³-hybridized carbons (Fsp3) is 0.429. The number of amides is 1. The van der Waals surface area contributed by atoms with Gasteiger partial charge in [0.1, 0.15) is 5.78 Å². The highest BCUT2D eigenvalue weighted by Crippen LogP contribution is 2.27. The Labute approximate surface area is 112 Å². The van der Waals surface area contributed by atoms with E-state index in [0.717, 1.165) is 11.1 Å². The van der Waals surface area contributed by atoms with Gasteiger partial charge in [0.15, 0.2) is 11.5 Å². The number of phenolic OH excluding ortho intramolecular Hbond substituents is 2. The number of hydrogen-bond donors (Lipinski definition) is 3. The number of carbonyl (C=O) groups is 2. The lowest BCUT2D eigenvalue weighted by Crippen LogP contribution is -2.26. The molecule has 0 aliphatic heterocycles. The van der Waals surface area contributed by atoms with Gasteiger partial charge in [-0.2, -0.15) is 0 Å². The van der Waals surface area contributed by atoms with E-state index >= 15 is 0 Å². The van der Waals surface area contributed by atoms with Crippen LogP contribution in [0.4, 0.5) is 0 Å². The van der Waals surface area contributed by atoms with Crippen molar-refractivity contribution in [2.45, 2.75) is 33.1 Å². The summed E-state index contributed by atoms with van der Waals surface area (Å²) >= 11 is 0. The monoisotopic (exact) mass is 265 g/mol. The second-order valence-electron chi connectivity index (χ2n) is 4.57. The number of rotatable bonds is 6. The molecule has 1 aromatic rings. The second kappa shape index (κ2) is 6.78. The van der Waals surface area contributed by atoms with Crippen LogP contribution in [0.15, 0.2) is 12.1 Å². The zero-order chi connectivity index (χ0) is 14.4. The van der Waals surface area contributed by atoms with Crippen molar-refractivity contribution in [2.75, 3.05) is 6.54 Å². The minimum Gasteiger partial charge on any atom is -0.504 e. The highest BCUT2D eigenvalue weighted by molar-refractivity contribution is 5.83. The van der Waals surface area contributed by atoms with Crippen LogP contribution < -0.4 is 5.32 Å². The summed E-state index contributed by atoms with van der Waals surface area (Å²) in [4.78, 5) is 22.1. The van der Waals surface area contributed by atoms with Crippen molar-refractivity contribution in [3.05, 3.63) is 23.3 Å². The van der Waals surface area contributed by atoms with E-state index in [4.69, 9.17) is 0 Å². The summed E-state index contributed by atoms with van der Waals surface area (Å²) < 4.78 is 0. The van der Waals surface area contributed by atoms with Gasteiger partial charge in [-0.3, -0.25) is 4.79 Å². The molecule has 3 N–H and O–H groups in total. The second-order valence-corrected chi connectivity index (χ2v) is 4.57. The molecule has 0 unspecified atom stereocenters. The molecule has 1 aromatic carbocycles. The van der Waals surface area contributed by atoms with Crippen molar-refractivity contribution in [1.29, 1.82) is 0 Å². The molecular weight excluding hydrogens is 246 g/mol. The first-order valence-electron chi connectivity index (χ1n) is 6.17. The Morgan fingerprint density at radius 2 is 1.79 bits per heavy atom. The molecule has 5 heteroatoms. The number of ketones is 1. The normalized spacial score (nSPS) is 10.2. The number of nitrogens with one attached hydrogen (secondary N) is 1. The van der Waals surface area contributed by atoms with Crippen LogP contribution in [0.1, 0.15) is 30.9 Å². The molecule has 0 heterocycles. The van der Waals surface area contributed by atoms with E-state index in [1.54, 1.807) is 0 Å². The van der Waals surface area contributed by atoms with Crippen molar-refractivity contribution < 1.29 is 19.8 Å². The average molecular weight is 265 g/mol. The third-order valence-electron chi connectivity index (χ3n) is 2.85. The first-order chi connectivity index (χ1) is 8.90. The van der Waals surface area contributed by atoms with Gasteiger partial charge < -0.3 is 20.3 Å². The third-order valence-corrected chi connectivity index (χ3v) is 2.85. The fourth-order valence-electron chi connectivity index (χ4n) is 1.71. The van der Waals surface area contributed by atoms with Crippen LogP contribution in [0, 0.1) is 6.92 Å². The largest absolute Gasteiger partial charge is 0.504 e. The lowest BCUT2D eigenvalue weighted by Gasteiger charge is -2.09. The molecule has 5 nitrogen and oxygen atoms in total. The van der Waals surface area contributed by atoms with Gasteiger partial charge >= 0.3 is 0 Å². The molecule has 0 saturated heterocycles. The van der Waals surface area contributed by atoms with Crippen molar-refractivity contribution in [2.24, 2.45) is 0 Å². The smallest absolute Gasteiger partial charge is 0.220 e. The van der Waals surface area contributed by atoms with E-state index in [1.807, 2.05) is 6.92 Å². The van der Waals surface area contributed by atoms with Gasteiger partial charge in [-0.25, -0.2) is 0 Å². The number of aromatic hydroxyl groups is 2. The molecule has 1 amide bonds. The average Bonchev–Trinajstić information content (AvgIpc) is 2.33. The minimum absolute atomic E-state index is 0.00514. The van der Waals surface area contributed by atoms with Gasteiger partial charge in [-0.15, -0.1) is 0 Å². The number of Topliss-reactive ketones (excluding diaryl/α,β-unsaturated/α-hetero) is 1. The van der Waals surface area contributed by atoms with Crippen LogP contribution in [0.25, 0.3) is 0 Å². The van der Waals surface area contributed by atoms with Crippen LogP contribution in [0.3, 0.4) is 0 Å². The van der Waals surface area contributed by atoms with E-state index < -0.39 is 0 Å². The quantitative estimate of drug-likeness (QED) is 0.679. The molecule has 0 aliphatic rings. The van der Waals surface area contributed by atoms with Gasteiger partial charge in [0.2, 0.25) is 5.91 Å². The Morgan fingerprint density at radius 3 is 2.42 bits per heavy atom. The molecule has 0 atom stereocenters. The van der Waals surface area contributed by atoms with Crippen LogP contribution in [0.5, 0.6) is 11.5 Å². The molecule has 0 saturated carbocycles.